The van der Waals surface area contributed by atoms with Gasteiger partial charge in [0.15, 0.2) is 11.0 Å². The van der Waals surface area contributed by atoms with Crippen molar-refractivity contribution in [3.63, 3.8) is 0 Å². The summed E-state index contributed by atoms with van der Waals surface area (Å²) < 4.78 is 6.82. The Morgan fingerprint density at radius 1 is 0.540 bits per heavy atom. The fraction of sp³-hybridized carbons (Fsp3) is 0.506. The Hall–Kier alpha value is -7.95. The quantitative estimate of drug-likeness (QED) is 0.179. The Balaban J connectivity index is 0.00000112. The van der Waals surface area contributed by atoms with Crippen molar-refractivity contribution in [1.29, 1.82) is 5.26 Å². The minimum Gasteiger partial charge on any atom is -0.494 e. The van der Waals surface area contributed by atoms with Crippen LogP contribution in [0.2, 0.25) is 0 Å². The van der Waals surface area contributed by atoms with Crippen LogP contribution in [0.3, 0.4) is 0 Å². The first-order valence-electron chi connectivity index (χ1n) is 36.3. The summed E-state index contributed by atoms with van der Waals surface area (Å²) in [7, 11) is 18.2. The van der Waals surface area contributed by atoms with Gasteiger partial charge in [-0.3, -0.25) is 9.36 Å². The van der Waals surface area contributed by atoms with Crippen LogP contribution < -0.4 is 39.7 Å². The lowest BCUT2D eigenvalue weighted by Gasteiger charge is -2.42. The van der Waals surface area contributed by atoms with E-state index in [1.807, 2.05) is 115 Å². The van der Waals surface area contributed by atoms with Crippen LogP contribution in [-0.4, -0.2) is 100 Å². The number of fused-ring (bicyclic) bond motifs is 4. The molecule has 4 aliphatic heterocycles. The number of pyridine rings is 1. The Bertz CT molecular complexity index is 3700. The molecule has 6 heterocycles. The van der Waals surface area contributed by atoms with E-state index in [0.29, 0.717) is 23.1 Å². The van der Waals surface area contributed by atoms with E-state index in [1.54, 1.807) is 25.2 Å². The minimum absolute atomic E-state index is 0.0819. The molecule has 0 saturated heterocycles. The van der Waals surface area contributed by atoms with Gasteiger partial charge in [-0.2, -0.15) is 5.26 Å². The summed E-state index contributed by atoms with van der Waals surface area (Å²) in [5.74, 6) is 1.59. The first-order valence-corrected chi connectivity index (χ1v) is 37.1. The second-order valence-corrected chi connectivity index (χ2v) is 28.3. The summed E-state index contributed by atoms with van der Waals surface area (Å²) in [5, 5.41) is 19.2. The van der Waals surface area contributed by atoms with Crippen molar-refractivity contribution in [2.45, 2.75) is 229 Å². The van der Waals surface area contributed by atoms with Crippen molar-refractivity contribution >= 4 is 56.1 Å². The molecule has 11 rings (SSSR count). The van der Waals surface area contributed by atoms with Crippen molar-refractivity contribution < 1.29 is 9.84 Å². The van der Waals surface area contributed by atoms with Gasteiger partial charge in [0, 0.05) is 120 Å². The molecule has 0 fully saturated rings. The zero-order chi connectivity index (χ0) is 77.8. The Morgan fingerprint density at radius 3 is 1.33 bits per heavy atom. The molecule has 2 aromatic heterocycles. The van der Waals surface area contributed by atoms with Gasteiger partial charge < -0.3 is 39.2 Å². The lowest BCUT2D eigenvalue weighted by Crippen LogP contribution is -2.49. The topological polar surface area (TPSA) is 108 Å². The third-order valence-corrected chi connectivity index (χ3v) is 19.5. The highest BCUT2D eigenvalue weighted by molar-refractivity contribution is 7.15. The zero-order valence-electron chi connectivity index (χ0n) is 70.0. The molecule has 13 heteroatoms. The molecule has 100 heavy (non-hydrogen) atoms. The molecule has 0 saturated carbocycles. The average Bonchev–Trinajstić information content (AvgIpc) is 1.11. The van der Waals surface area contributed by atoms with Crippen LogP contribution in [0.4, 0.5) is 33.6 Å². The number of aryl methyl sites for hydroxylation is 7. The van der Waals surface area contributed by atoms with Gasteiger partial charge in [-0.25, -0.2) is 4.98 Å². The highest BCUT2D eigenvalue weighted by Crippen LogP contribution is 2.42. The highest BCUT2D eigenvalue weighted by atomic mass is 32.1. The third kappa shape index (κ3) is 24.7. The summed E-state index contributed by atoms with van der Waals surface area (Å²) >= 11 is 1.74. The van der Waals surface area contributed by atoms with Gasteiger partial charge in [0.25, 0.3) is 5.56 Å². The molecule has 2 atom stereocenters. The van der Waals surface area contributed by atoms with Crippen molar-refractivity contribution in [1.82, 2.24) is 9.55 Å². The van der Waals surface area contributed by atoms with Gasteiger partial charge >= 0.3 is 0 Å². The van der Waals surface area contributed by atoms with E-state index in [4.69, 9.17) is 10.00 Å². The normalized spacial score (nSPS) is 15.1. The number of thiazole rings is 1. The number of aromatic hydroxyl groups is 1. The molecule has 5 aromatic carbocycles. The molecule has 2 unspecified atom stereocenters. The second kappa shape index (κ2) is 42.3. The predicted octanol–water partition coefficient (Wildman–Crippen LogP) is 22.4. The SMILES string of the molecule is CC.CC.CC.CC.CC.CC1=CC(C)(C)N(C)c2ccc(C)cc21.CC1=CC(C)(C)N(C)c2ccc(C)cc21.Cc1c(C)c(O)n(C)c(=O)c1C#N.Cc1ccc(N(C)C)cc1.Cc1ccc2c(c1)C(C)C(C)N2C.Cc1ccc2c(c1)OCC(C)(C)N2C.Cc1nc(N(C)C)sc1C. The molecule has 0 bridgehead atoms. The Labute approximate surface area is 615 Å². The fourth-order valence-corrected chi connectivity index (χ4v) is 11.9. The van der Waals surface area contributed by atoms with Crippen LogP contribution in [0, 0.1) is 73.6 Å². The maximum absolute atomic E-state index is 11.4. The summed E-state index contributed by atoms with van der Waals surface area (Å²) in [6.07, 6.45) is 4.68. The van der Waals surface area contributed by atoms with E-state index in [1.165, 1.54) is 96.0 Å². The lowest BCUT2D eigenvalue weighted by atomic mass is 9.89. The summed E-state index contributed by atoms with van der Waals surface area (Å²) in [4.78, 5) is 30.5. The molecule has 12 nitrogen and oxygen atoms in total. The van der Waals surface area contributed by atoms with Crippen LogP contribution in [0.5, 0.6) is 11.6 Å². The van der Waals surface area contributed by atoms with E-state index < -0.39 is 5.56 Å². The first kappa shape index (κ1) is 92.1. The van der Waals surface area contributed by atoms with Crippen LogP contribution in [0.1, 0.15) is 216 Å². The van der Waals surface area contributed by atoms with Crippen LogP contribution in [-0.2, 0) is 7.05 Å². The first-order chi connectivity index (χ1) is 46.8. The number of nitrogens with zero attached hydrogens (tertiary/aromatic N) is 9. The van der Waals surface area contributed by atoms with Gasteiger partial charge in [-0.15, -0.1) is 11.3 Å². The van der Waals surface area contributed by atoms with Gasteiger partial charge in [-0.05, 0) is 207 Å². The molecule has 7 aromatic rings. The van der Waals surface area contributed by atoms with Gasteiger partial charge in [-0.1, -0.05) is 153 Å². The molecule has 554 valence electrons. The number of ether oxygens (including phenoxy) is 1. The van der Waals surface area contributed by atoms with Crippen molar-refractivity contribution in [2.24, 2.45) is 7.05 Å². The number of nitriles is 1. The number of benzene rings is 5. The molecule has 1 N–H and O–H groups in total. The van der Waals surface area contributed by atoms with Gasteiger partial charge in [0.05, 0.1) is 28.0 Å². The van der Waals surface area contributed by atoms with Gasteiger partial charge in [0.1, 0.15) is 24.0 Å². The third-order valence-electron chi connectivity index (χ3n) is 18.3. The number of hydrogen-bond acceptors (Lipinski definition) is 12. The number of allylic oxidation sites excluding steroid dienone is 2. The van der Waals surface area contributed by atoms with E-state index in [-0.39, 0.29) is 28.1 Å². The number of aromatic nitrogens is 2. The number of rotatable bonds is 2. The van der Waals surface area contributed by atoms with Gasteiger partial charge in [0.2, 0.25) is 0 Å². The van der Waals surface area contributed by atoms with Crippen molar-refractivity contribution in [3.05, 3.63) is 191 Å². The number of anilines is 6. The molecular formula is C87H137N9O3S. The van der Waals surface area contributed by atoms with E-state index in [9.17, 15) is 9.90 Å². The van der Waals surface area contributed by atoms with Crippen molar-refractivity contribution in [2.75, 3.05) is 92.4 Å². The van der Waals surface area contributed by atoms with Crippen LogP contribution >= 0.6 is 11.3 Å². The number of likely N-dealkylation sites (N-methyl/N-ethyl adjacent to an activating group) is 4. The molecular weight excluding hydrogens is 1250 g/mol. The predicted molar refractivity (Wildman–Crippen MR) is 447 cm³/mol. The van der Waals surface area contributed by atoms with E-state index in [2.05, 4.69) is 278 Å². The summed E-state index contributed by atoms with van der Waals surface area (Å²) in [5.41, 5.74) is 22.4. The summed E-state index contributed by atoms with van der Waals surface area (Å²) in [6.45, 7) is 61.2. The average molecular weight is 1390 g/mol. The fourth-order valence-electron chi connectivity index (χ4n) is 11.1. The smallest absolute Gasteiger partial charge is 0.271 e. The molecule has 0 radical (unpaired) electrons. The van der Waals surface area contributed by atoms with Crippen LogP contribution in [0.15, 0.2) is 114 Å². The van der Waals surface area contributed by atoms with Crippen molar-refractivity contribution in [3.8, 4) is 17.7 Å². The maximum atomic E-state index is 11.4. The zero-order valence-corrected chi connectivity index (χ0v) is 70.8. The monoisotopic (exact) mass is 1390 g/mol. The lowest BCUT2D eigenvalue weighted by molar-refractivity contribution is 0.218. The maximum Gasteiger partial charge on any atom is 0.271 e. The Morgan fingerprint density at radius 2 is 0.940 bits per heavy atom. The van der Waals surface area contributed by atoms with E-state index in [0.717, 1.165) is 27.7 Å². The summed E-state index contributed by atoms with van der Waals surface area (Å²) in [6, 6.07) is 37.4. The Kier molecular flexibility index (Phi) is 39.0. The molecule has 0 spiro atoms. The largest absolute Gasteiger partial charge is 0.494 e. The molecule has 0 aliphatic carbocycles. The molecule has 4 aliphatic rings. The molecule has 0 amide bonds. The standard InChI is InChI=1S/2C14H19N.C12H17NO.C12H17N.C9H10N2O2.C9H13N.C7H12N2S.5C2H6/c2*1-10-6-7-13-12(8-10)11(2)9-14(3,4)15(13)5;1-9-5-6-10-11(7-9)14-8-12(2,3)13(10)4;1-8-5-6-12-11(7-8)9(2)10(3)13(12)4;1-5-6(2)8(12)11(3)9(13)7(5)4-10;1-8-4-6-9(7-5-8)10(2)3;1-5-6(2)10-7(8-5)9(3)4;5*1-2/h2*6-9H,1-5H3;5-7H,8H2,1-4H3;5-7,9-10H,1-4H3;12H,1-3H3;4-7H,1-3H3;1-4H3;5*1-2H3. The highest BCUT2D eigenvalue weighted by Gasteiger charge is 2.33. The van der Waals surface area contributed by atoms with Crippen LogP contribution in [0.25, 0.3) is 11.1 Å². The minimum atomic E-state index is -0.455. The second-order valence-electron chi connectivity index (χ2n) is 27.1. The van der Waals surface area contributed by atoms with E-state index >= 15 is 0 Å². The number of hydrogen-bond donors (Lipinski definition) is 1.